The van der Waals surface area contributed by atoms with Crippen LogP contribution in [-0.4, -0.2) is 59.1 Å². The Bertz CT molecular complexity index is 1010. The number of hydrogen-bond acceptors (Lipinski definition) is 6. The maximum atomic E-state index is 12.7. The summed E-state index contributed by atoms with van der Waals surface area (Å²) in [4.78, 5) is 21.6. The summed E-state index contributed by atoms with van der Waals surface area (Å²) in [6.45, 7) is 5.88. The van der Waals surface area contributed by atoms with Gasteiger partial charge in [-0.2, -0.15) is 4.98 Å². The Hall–Kier alpha value is -3.19. The van der Waals surface area contributed by atoms with Gasteiger partial charge in [-0.1, -0.05) is 47.1 Å². The van der Waals surface area contributed by atoms with Crippen LogP contribution < -0.4 is 4.74 Å². The lowest BCUT2D eigenvalue weighted by Gasteiger charge is -2.21. The second-order valence-electron chi connectivity index (χ2n) is 8.24. The lowest BCUT2D eigenvalue weighted by Crippen LogP contribution is -2.35. The van der Waals surface area contributed by atoms with Crippen LogP contribution in [0, 0.1) is 6.92 Å². The third-order valence-corrected chi connectivity index (χ3v) is 5.86. The molecule has 0 atom stereocenters. The fourth-order valence-electron chi connectivity index (χ4n) is 3.91. The molecule has 4 rings (SSSR count). The number of amides is 1. The van der Waals surface area contributed by atoms with Gasteiger partial charge in [-0.05, 0) is 37.5 Å². The zero-order valence-corrected chi connectivity index (χ0v) is 18.8. The molecule has 0 saturated carbocycles. The molecule has 0 radical (unpaired) electrons. The van der Waals surface area contributed by atoms with E-state index < -0.39 is 0 Å². The second kappa shape index (κ2) is 10.4. The van der Waals surface area contributed by atoms with Crippen LogP contribution in [0.1, 0.15) is 29.9 Å². The first-order valence-corrected chi connectivity index (χ1v) is 11.1. The van der Waals surface area contributed by atoms with E-state index in [4.69, 9.17) is 9.26 Å². The standard InChI is InChI=1S/C25H30N4O3/c1-19-4-9-21(10-5-19)25-26-23(32-27-25)18-28-14-3-15-29(17-16-28)24(30)13-8-20-6-11-22(31-2)12-7-20/h4-7,9-12H,3,8,13-18H2,1-2H3. The number of carbonyl (C=O) groups excluding carboxylic acids is 1. The molecule has 32 heavy (non-hydrogen) atoms. The quantitative estimate of drug-likeness (QED) is 0.564. The van der Waals surface area contributed by atoms with Gasteiger partial charge in [0.1, 0.15) is 5.75 Å². The number of methoxy groups -OCH3 is 1. The molecule has 3 aromatic rings. The van der Waals surface area contributed by atoms with E-state index in [-0.39, 0.29) is 5.91 Å². The van der Waals surface area contributed by atoms with Crippen molar-refractivity contribution in [2.24, 2.45) is 0 Å². The minimum absolute atomic E-state index is 0.210. The third-order valence-electron chi connectivity index (χ3n) is 5.86. The van der Waals surface area contributed by atoms with Gasteiger partial charge in [-0.25, -0.2) is 0 Å². The number of nitrogens with zero attached hydrogens (tertiary/aromatic N) is 4. The van der Waals surface area contributed by atoms with Crippen LogP contribution in [0.5, 0.6) is 5.75 Å². The molecule has 1 amide bonds. The van der Waals surface area contributed by atoms with Gasteiger partial charge >= 0.3 is 0 Å². The average Bonchev–Trinajstić information content (AvgIpc) is 3.15. The molecule has 168 valence electrons. The lowest BCUT2D eigenvalue weighted by atomic mass is 10.1. The SMILES string of the molecule is COc1ccc(CCC(=O)N2CCCN(Cc3nc(-c4ccc(C)cc4)no3)CC2)cc1. The molecular weight excluding hydrogens is 404 g/mol. The Morgan fingerprint density at radius 1 is 1.03 bits per heavy atom. The maximum absolute atomic E-state index is 12.7. The van der Waals surface area contributed by atoms with E-state index in [9.17, 15) is 4.79 Å². The molecule has 1 aromatic heterocycles. The van der Waals surface area contributed by atoms with E-state index in [2.05, 4.69) is 22.0 Å². The molecule has 0 N–H and O–H groups in total. The zero-order valence-electron chi connectivity index (χ0n) is 18.8. The molecule has 7 heteroatoms. The van der Waals surface area contributed by atoms with E-state index in [1.165, 1.54) is 5.56 Å². The summed E-state index contributed by atoms with van der Waals surface area (Å²) in [5, 5.41) is 4.13. The molecule has 7 nitrogen and oxygen atoms in total. The summed E-state index contributed by atoms with van der Waals surface area (Å²) in [7, 11) is 1.66. The van der Waals surface area contributed by atoms with Crippen molar-refractivity contribution < 1.29 is 14.1 Å². The van der Waals surface area contributed by atoms with Gasteiger partial charge in [0.15, 0.2) is 0 Å². The van der Waals surface area contributed by atoms with E-state index in [0.29, 0.717) is 24.7 Å². The van der Waals surface area contributed by atoms with Crippen molar-refractivity contribution in [3.05, 3.63) is 65.5 Å². The summed E-state index contributed by atoms with van der Waals surface area (Å²) in [5.74, 6) is 2.27. The number of carbonyl (C=O) groups is 1. The molecule has 0 bridgehead atoms. The molecule has 1 fully saturated rings. The number of benzene rings is 2. The van der Waals surface area contributed by atoms with Crippen LogP contribution in [0.2, 0.25) is 0 Å². The van der Waals surface area contributed by atoms with Gasteiger partial charge in [-0.3, -0.25) is 9.69 Å². The maximum Gasteiger partial charge on any atom is 0.241 e. The van der Waals surface area contributed by atoms with Crippen LogP contribution in [0.25, 0.3) is 11.4 Å². The van der Waals surface area contributed by atoms with E-state index in [1.54, 1.807) is 7.11 Å². The van der Waals surface area contributed by atoms with E-state index in [0.717, 1.165) is 55.9 Å². The van der Waals surface area contributed by atoms with Gasteiger partial charge in [0.25, 0.3) is 0 Å². The van der Waals surface area contributed by atoms with Crippen molar-refractivity contribution in [1.29, 1.82) is 0 Å². The highest BCUT2D eigenvalue weighted by molar-refractivity contribution is 5.76. The van der Waals surface area contributed by atoms with Crippen LogP contribution in [-0.2, 0) is 17.8 Å². The highest BCUT2D eigenvalue weighted by atomic mass is 16.5. The fourth-order valence-corrected chi connectivity index (χ4v) is 3.91. The first-order chi connectivity index (χ1) is 15.6. The minimum Gasteiger partial charge on any atom is -0.497 e. The van der Waals surface area contributed by atoms with Crippen molar-refractivity contribution in [3.63, 3.8) is 0 Å². The number of rotatable bonds is 7. The van der Waals surface area contributed by atoms with Crippen molar-refractivity contribution >= 4 is 5.91 Å². The summed E-state index contributed by atoms with van der Waals surface area (Å²) in [6.07, 6.45) is 2.20. The van der Waals surface area contributed by atoms with Gasteiger partial charge in [0.05, 0.1) is 13.7 Å². The molecule has 1 saturated heterocycles. The summed E-state index contributed by atoms with van der Waals surface area (Å²) in [5.41, 5.74) is 3.30. The first kappa shape index (κ1) is 22.0. The van der Waals surface area contributed by atoms with Gasteiger partial charge in [0, 0.05) is 38.2 Å². The molecule has 0 unspecified atom stereocenters. The highest BCUT2D eigenvalue weighted by Gasteiger charge is 2.20. The van der Waals surface area contributed by atoms with Crippen LogP contribution in [0.4, 0.5) is 0 Å². The Balaban J connectivity index is 1.26. The van der Waals surface area contributed by atoms with E-state index >= 15 is 0 Å². The van der Waals surface area contributed by atoms with Crippen molar-refractivity contribution in [2.75, 3.05) is 33.3 Å². The van der Waals surface area contributed by atoms with Crippen molar-refractivity contribution in [3.8, 4) is 17.1 Å². The summed E-state index contributed by atoms with van der Waals surface area (Å²) >= 11 is 0. The minimum atomic E-state index is 0.210. The third kappa shape index (κ3) is 5.73. The van der Waals surface area contributed by atoms with Crippen molar-refractivity contribution in [2.45, 2.75) is 32.7 Å². The predicted molar refractivity (Wildman–Crippen MR) is 122 cm³/mol. The van der Waals surface area contributed by atoms with Crippen LogP contribution in [0.15, 0.2) is 53.1 Å². The lowest BCUT2D eigenvalue weighted by molar-refractivity contribution is -0.131. The van der Waals surface area contributed by atoms with Gasteiger partial charge in [0.2, 0.25) is 17.6 Å². The molecule has 1 aliphatic rings. The molecule has 0 aliphatic carbocycles. The normalized spacial score (nSPS) is 14.9. The Morgan fingerprint density at radius 2 is 1.81 bits per heavy atom. The number of ether oxygens (including phenoxy) is 1. The Morgan fingerprint density at radius 3 is 2.56 bits per heavy atom. The largest absolute Gasteiger partial charge is 0.497 e. The van der Waals surface area contributed by atoms with Gasteiger partial charge in [-0.15, -0.1) is 0 Å². The predicted octanol–water partition coefficient (Wildman–Crippen LogP) is 3.72. The van der Waals surface area contributed by atoms with Gasteiger partial charge < -0.3 is 14.2 Å². The summed E-state index contributed by atoms with van der Waals surface area (Å²) in [6, 6.07) is 16.0. The first-order valence-electron chi connectivity index (χ1n) is 11.1. The fraction of sp³-hybridized carbons (Fsp3) is 0.400. The highest BCUT2D eigenvalue weighted by Crippen LogP contribution is 2.18. The summed E-state index contributed by atoms with van der Waals surface area (Å²) < 4.78 is 10.7. The Labute approximate surface area is 189 Å². The molecular formula is C25H30N4O3. The topological polar surface area (TPSA) is 71.7 Å². The smallest absolute Gasteiger partial charge is 0.241 e. The van der Waals surface area contributed by atoms with Crippen LogP contribution >= 0.6 is 0 Å². The molecule has 2 aromatic carbocycles. The van der Waals surface area contributed by atoms with Crippen molar-refractivity contribution in [1.82, 2.24) is 19.9 Å². The monoisotopic (exact) mass is 434 g/mol. The molecule has 2 heterocycles. The molecule has 0 spiro atoms. The average molecular weight is 435 g/mol. The zero-order chi connectivity index (χ0) is 22.3. The second-order valence-corrected chi connectivity index (χ2v) is 8.24. The number of aryl methyl sites for hydroxylation is 2. The van der Waals surface area contributed by atoms with E-state index in [1.807, 2.05) is 53.4 Å². The Kier molecular flexibility index (Phi) is 7.17. The molecule has 1 aliphatic heterocycles. The van der Waals surface area contributed by atoms with Crippen LogP contribution in [0.3, 0.4) is 0 Å². The number of hydrogen-bond donors (Lipinski definition) is 0. The number of aromatic nitrogens is 2.